The number of carbonyl (C=O) groups excluding carboxylic acids is 5. The number of rotatable bonds is 25. The predicted octanol–water partition coefficient (Wildman–Crippen LogP) is 3.33. The molecule has 1 saturated heterocycles. The molecule has 0 spiro atoms. The predicted molar refractivity (Wildman–Crippen MR) is 249 cm³/mol. The molecule has 1 aliphatic rings. The zero-order chi connectivity index (χ0) is 50.2. The molecule has 16 nitrogen and oxygen atoms in total. The van der Waals surface area contributed by atoms with Crippen molar-refractivity contribution in [1.82, 2.24) is 26.2 Å². The molecule has 0 bridgehead atoms. The van der Waals surface area contributed by atoms with Crippen LogP contribution in [0.5, 0.6) is 5.75 Å². The first-order valence-corrected chi connectivity index (χ1v) is 23.9. The molecule has 1 unspecified atom stereocenters. The number of nitrogens with one attached hydrogen (secondary N) is 4. The van der Waals surface area contributed by atoms with E-state index in [4.69, 9.17) is 15.9 Å². The van der Waals surface area contributed by atoms with E-state index in [2.05, 4.69) is 27.2 Å². The van der Waals surface area contributed by atoms with Gasteiger partial charge in [-0.05, 0) is 61.6 Å². The van der Waals surface area contributed by atoms with E-state index < -0.39 is 104 Å². The standard InChI is InChI=1S/C49H63F2N5O11S/c1-7-22-67-44-35(28-40(68(63,64)65)42(50)43(44)51)29-49(6,62)45(58)37(25-31(2)3)53-48(61)39(27-34-16-12-9-13-17-34)55-47(60)38(26-32(4)5)54-46(59)36(19-18-33-14-10-8-11-15-33)52-41(57)30-56-20-23-66-24-21-56/h1,8-17,28,31-32,36-39,62H,18-27,29-30H2,2-6H3,(H,52,57)(H,53,61)(H,54,59)(H,55,60)(H,63,64,65)/t36-,37-,38-,39-,49?/m0/s1. The quantitative estimate of drug-likeness (QED) is 0.0531. The highest BCUT2D eigenvalue weighted by molar-refractivity contribution is 7.85. The Bertz CT molecular complexity index is 2360. The van der Waals surface area contributed by atoms with E-state index in [1.807, 2.05) is 49.1 Å². The summed E-state index contributed by atoms with van der Waals surface area (Å²) in [5.41, 5.74) is -1.51. The van der Waals surface area contributed by atoms with E-state index in [9.17, 15) is 46.4 Å². The Balaban J connectivity index is 1.62. The molecule has 19 heteroatoms. The second kappa shape index (κ2) is 25.5. The molecule has 0 aromatic heterocycles. The Labute approximate surface area is 397 Å². The molecule has 4 amide bonds. The Hall–Kier alpha value is -5.78. The molecule has 3 aromatic carbocycles. The Kier molecular flexibility index (Phi) is 20.6. The molecule has 68 heavy (non-hydrogen) atoms. The third-order valence-corrected chi connectivity index (χ3v) is 12.0. The zero-order valence-electron chi connectivity index (χ0n) is 39.1. The molecule has 0 aliphatic carbocycles. The second-order valence-electron chi connectivity index (χ2n) is 17.9. The maximum atomic E-state index is 15.2. The highest BCUT2D eigenvalue weighted by Gasteiger charge is 2.41. The number of terminal acetylenes is 1. The van der Waals surface area contributed by atoms with Crippen LogP contribution in [-0.4, -0.2) is 122 Å². The van der Waals surface area contributed by atoms with Crippen LogP contribution in [0.2, 0.25) is 0 Å². The van der Waals surface area contributed by atoms with Crippen molar-refractivity contribution in [2.24, 2.45) is 11.8 Å². The summed E-state index contributed by atoms with van der Waals surface area (Å²) >= 11 is 0. The van der Waals surface area contributed by atoms with Crippen LogP contribution in [0.4, 0.5) is 8.78 Å². The van der Waals surface area contributed by atoms with Crippen LogP contribution < -0.4 is 26.0 Å². The van der Waals surface area contributed by atoms with Crippen molar-refractivity contribution in [2.45, 2.75) is 108 Å². The number of aliphatic hydroxyl groups is 1. The summed E-state index contributed by atoms with van der Waals surface area (Å²) in [4.78, 5) is 71.0. The lowest BCUT2D eigenvalue weighted by molar-refractivity contribution is -0.141. The topological polar surface area (TPSA) is 230 Å². The number of ketones is 1. The van der Waals surface area contributed by atoms with Crippen molar-refractivity contribution in [1.29, 1.82) is 0 Å². The van der Waals surface area contributed by atoms with Crippen LogP contribution >= 0.6 is 0 Å². The van der Waals surface area contributed by atoms with Gasteiger partial charge >= 0.3 is 0 Å². The molecule has 3 aromatic rings. The number of hydrogen-bond donors (Lipinski definition) is 6. The van der Waals surface area contributed by atoms with Gasteiger partial charge in [-0.2, -0.15) is 12.8 Å². The Morgan fingerprint density at radius 2 is 1.34 bits per heavy atom. The SMILES string of the molecule is C#CCOc1c(CC(C)(O)C(=O)[C@H](CC(C)C)NC(=O)[C@H](Cc2ccccc2)NC(=O)[C@H](CC(C)C)NC(=O)[C@H](CCc2ccccc2)NC(=O)CN2CCOCC2)cc(S(=O)(=O)O)c(F)c1F. The first-order valence-electron chi connectivity index (χ1n) is 22.5. The molecule has 0 saturated carbocycles. The van der Waals surface area contributed by atoms with Gasteiger partial charge in [0.15, 0.2) is 17.3 Å². The number of morpholine rings is 1. The highest BCUT2D eigenvalue weighted by atomic mass is 32.2. The Morgan fingerprint density at radius 3 is 1.91 bits per heavy atom. The Morgan fingerprint density at radius 1 is 0.809 bits per heavy atom. The van der Waals surface area contributed by atoms with Gasteiger partial charge < -0.3 is 35.8 Å². The summed E-state index contributed by atoms with van der Waals surface area (Å²) in [5, 5.41) is 22.8. The first kappa shape index (κ1) is 54.8. The molecule has 6 N–H and O–H groups in total. The third kappa shape index (κ3) is 16.8. The minimum Gasteiger partial charge on any atom is -0.477 e. The molecular weight excluding hydrogens is 905 g/mol. The van der Waals surface area contributed by atoms with E-state index in [-0.39, 0.29) is 50.0 Å². The minimum absolute atomic E-state index is 0.0438. The molecule has 0 radical (unpaired) electrons. The number of halogens is 2. The maximum Gasteiger partial charge on any atom is 0.297 e. The van der Waals surface area contributed by atoms with Gasteiger partial charge in [-0.3, -0.25) is 33.4 Å². The van der Waals surface area contributed by atoms with Crippen LogP contribution in [0.1, 0.15) is 70.6 Å². The molecule has 1 heterocycles. The van der Waals surface area contributed by atoms with Crippen molar-refractivity contribution < 1.29 is 60.3 Å². The number of ether oxygens (including phenoxy) is 2. The lowest BCUT2D eigenvalue weighted by atomic mass is 9.85. The van der Waals surface area contributed by atoms with Crippen molar-refractivity contribution >= 4 is 39.5 Å². The summed E-state index contributed by atoms with van der Waals surface area (Å²) in [5.74, 6) is -6.67. The average molecular weight is 968 g/mol. The number of benzene rings is 3. The smallest absolute Gasteiger partial charge is 0.297 e. The number of amides is 4. The zero-order valence-corrected chi connectivity index (χ0v) is 39.9. The van der Waals surface area contributed by atoms with E-state index in [1.165, 1.54) is 0 Å². The third-order valence-electron chi connectivity index (χ3n) is 11.1. The largest absolute Gasteiger partial charge is 0.477 e. The number of aryl methyl sites for hydroxylation is 1. The summed E-state index contributed by atoms with van der Waals surface area (Å²) in [6, 6.07) is 13.5. The summed E-state index contributed by atoms with van der Waals surface area (Å²) in [7, 11) is -5.35. The molecule has 1 fully saturated rings. The van der Waals surface area contributed by atoms with Gasteiger partial charge in [-0.1, -0.05) is 94.3 Å². The van der Waals surface area contributed by atoms with Crippen LogP contribution in [0, 0.1) is 35.8 Å². The van der Waals surface area contributed by atoms with E-state index >= 15 is 4.39 Å². The summed E-state index contributed by atoms with van der Waals surface area (Å²) < 4.78 is 74.2. The monoisotopic (exact) mass is 967 g/mol. The van der Waals surface area contributed by atoms with Gasteiger partial charge in [-0.25, -0.2) is 4.39 Å². The van der Waals surface area contributed by atoms with Gasteiger partial charge in [0, 0.05) is 31.5 Å². The fraction of sp³-hybridized carbons (Fsp3) is 0.490. The highest BCUT2D eigenvalue weighted by Crippen LogP contribution is 2.33. The van der Waals surface area contributed by atoms with Crippen molar-refractivity contribution in [2.75, 3.05) is 39.5 Å². The van der Waals surface area contributed by atoms with Crippen molar-refractivity contribution in [3.05, 3.63) is 95.1 Å². The molecular formula is C49H63F2N5O11S. The average Bonchev–Trinajstić information content (AvgIpc) is 3.28. The fourth-order valence-electron chi connectivity index (χ4n) is 7.77. The minimum atomic E-state index is -5.35. The normalized spacial score (nSPS) is 15.8. The first-order chi connectivity index (χ1) is 32.1. The van der Waals surface area contributed by atoms with E-state index in [1.54, 1.807) is 44.2 Å². The van der Waals surface area contributed by atoms with Crippen LogP contribution in [0.3, 0.4) is 0 Å². The van der Waals surface area contributed by atoms with Crippen molar-refractivity contribution in [3.63, 3.8) is 0 Å². The van der Waals surface area contributed by atoms with Crippen LogP contribution in [0.15, 0.2) is 71.6 Å². The second-order valence-corrected chi connectivity index (χ2v) is 19.3. The lowest BCUT2D eigenvalue weighted by Gasteiger charge is -2.31. The fourth-order valence-corrected chi connectivity index (χ4v) is 8.37. The number of nitrogens with zero attached hydrogens (tertiary/aromatic N) is 1. The molecule has 4 rings (SSSR count). The summed E-state index contributed by atoms with van der Waals surface area (Å²) in [6.45, 7) is 9.67. The van der Waals surface area contributed by atoms with Crippen LogP contribution in [-0.2, 0) is 58.1 Å². The summed E-state index contributed by atoms with van der Waals surface area (Å²) in [6.07, 6.45) is 4.99. The number of hydrogen-bond acceptors (Lipinski definition) is 11. The number of Topliss-reactive ketones (excluding diaryl/α,β-unsaturated/α-hetero) is 1. The van der Waals surface area contributed by atoms with Crippen molar-refractivity contribution in [3.8, 4) is 18.1 Å². The number of carbonyl (C=O) groups is 5. The van der Waals surface area contributed by atoms with Gasteiger partial charge in [0.1, 0.15) is 35.2 Å². The van der Waals surface area contributed by atoms with Crippen LogP contribution in [0.25, 0.3) is 0 Å². The maximum absolute atomic E-state index is 15.2. The van der Waals surface area contributed by atoms with E-state index in [0.29, 0.717) is 44.4 Å². The molecule has 370 valence electrons. The van der Waals surface area contributed by atoms with E-state index in [0.717, 1.165) is 12.5 Å². The van der Waals surface area contributed by atoms with Gasteiger partial charge in [-0.15, -0.1) is 6.42 Å². The molecule has 1 aliphatic heterocycles. The lowest BCUT2D eigenvalue weighted by Crippen LogP contribution is -2.60. The van der Waals surface area contributed by atoms with Gasteiger partial charge in [0.25, 0.3) is 10.1 Å². The molecule has 5 atom stereocenters. The van der Waals surface area contributed by atoms with Gasteiger partial charge in [0.2, 0.25) is 29.4 Å². The van der Waals surface area contributed by atoms with Gasteiger partial charge in [0.05, 0.1) is 25.8 Å².